The van der Waals surface area contributed by atoms with E-state index in [9.17, 15) is 10.2 Å². The minimum Gasteiger partial charge on any atom is -0.386 e. The van der Waals surface area contributed by atoms with Gasteiger partial charge in [0, 0.05) is 38.9 Å². The Morgan fingerprint density at radius 3 is 2.62 bits per heavy atom. The third-order valence-electron chi connectivity index (χ3n) is 14.1. The molecule has 1 unspecified atom stereocenters. The molecule has 1 aromatic carbocycles. The number of rotatable bonds is 1. The number of aromatic nitrogens is 1. The first-order valence-electron chi connectivity index (χ1n) is 16.3. The lowest BCUT2D eigenvalue weighted by Gasteiger charge is -2.65. The van der Waals surface area contributed by atoms with E-state index in [-0.39, 0.29) is 29.1 Å². The molecule has 5 nitrogen and oxygen atoms in total. The summed E-state index contributed by atoms with van der Waals surface area (Å²) in [7, 11) is 0. The van der Waals surface area contributed by atoms with Gasteiger partial charge in [0.2, 0.25) is 0 Å². The van der Waals surface area contributed by atoms with Crippen LogP contribution in [-0.2, 0) is 21.3 Å². The van der Waals surface area contributed by atoms with Crippen LogP contribution < -0.4 is 0 Å². The first-order chi connectivity index (χ1) is 19.8. The van der Waals surface area contributed by atoms with E-state index in [0.717, 1.165) is 43.3 Å². The third-order valence-corrected chi connectivity index (χ3v) is 14.1. The molecule has 0 amide bonds. The Balaban J connectivity index is 1.27. The number of allylic oxidation sites excluding steroid dienone is 1. The molecule has 3 heterocycles. The second kappa shape index (κ2) is 7.72. The highest BCUT2D eigenvalue weighted by Gasteiger charge is 2.73. The molecule has 7 aliphatic rings. The highest BCUT2D eigenvalue weighted by molar-refractivity contribution is 5.92. The van der Waals surface area contributed by atoms with Gasteiger partial charge >= 0.3 is 0 Å². The molecule has 2 aromatic rings. The SMILES string of the molecule is C=C1Cc2ccc3[nH]c4c5c3c2[C@H]2[C@@H]1C[C@@H]2C(C)(C)O[C@H]5C1CC[C@@]2(O)C3=C[C@@H](O)[C@@H](C(=C)C)O[C@H]3CC[C@]2(C)[C@@]41C. The number of aliphatic hydroxyl groups excluding tert-OH is 1. The van der Waals surface area contributed by atoms with Crippen LogP contribution in [0.4, 0.5) is 0 Å². The second-order valence-corrected chi connectivity index (χ2v) is 16.0. The van der Waals surface area contributed by atoms with E-state index >= 15 is 0 Å². The molecular weight excluding hydrogens is 522 g/mol. The highest BCUT2D eigenvalue weighted by atomic mass is 16.5. The predicted octanol–water partition coefficient (Wildman–Crippen LogP) is 6.69. The van der Waals surface area contributed by atoms with Gasteiger partial charge in [-0.25, -0.2) is 0 Å². The molecule has 5 aliphatic carbocycles. The van der Waals surface area contributed by atoms with E-state index in [0.29, 0.717) is 24.2 Å². The van der Waals surface area contributed by atoms with Gasteiger partial charge in [0.15, 0.2) is 0 Å². The molecule has 2 aliphatic heterocycles. The van der Waals surface area contributed by atoms with Crippen LogP contribution in [0.1, 0.15) is 101 Å². The fourth-order valence-electron chi connectivity index (χ4n) is 11.7. The molecule has 1 aromatic heterocycles. The number of aliphatic hydroxyl groups is 2. The zero-order valence-electron chi connectivity index (χ0n) is 25.7. The van der Waals surface area contributed by atoms with Crippen LogP contribution in [0.15, 0.2) is 48.1 Å². The molecule has 9 rings (SSSR count). The van der Waals surface area contributed by atoms with Crippen LogP contribution in [0.2, 0.25) is 0 Å². The van der Waals surface area contributed by atoms with Crippen molar-refractivity contribution in [2.45, 2.75) is 120 Å². The summed E-state index contributed by atoms with van der Waals surface area (Å²) in [6, 6.07) is 4.63. The van der Waals surface area contributed by atoms with E-state index in [1.165, 1.54) is 33.3 Å². The zero-order chi connectivity index (χ0) is 29.3. The number of H-pyrrole nitrogens is 1. The van der Waals surface area contributed by atoms with E-state index < -0.39 is 23.2 Å². The quantitative estimate of drug-likeness (QED) is 0.336. The molecule has 0 spiro atoms. The lowest BCUT2D eigenvalue weighted by atomic mass is 9.42. The molecule has 3 N–H and O–H groups in total. The number of aromatic amines is 1. The summed E-state index contributed by atoms with van der Waals surface area (Å²) in [4.78, 5) is 4.00. The third kappa shape index (κ3) is 2.70. The molecular formula is C37H45NO4. The molecule has 0 bridgehead atoms. The molecule has 3 fully saturated rings. The Bertz CT molecular complexity index is 1650. The standard InChI is InChI=1S/C37H45NO4/c1-17(2)31-25(39)16-22-26(41-31)11-12-35(6)36(7)21(10-13-37(22,35)40)32-30-29-24(38-33(30)36)9-8-19-14-18(3)20-15-23(28(20)27(19)29)34(4,5)42-32/h8-9,16,20-21,23,25-26,28,31-32,38-40H,1,3,10-15H2,2,4-7H3/t20-,21?,23+,25-,26+,28+,31-,32+,35-,36-,37-/m1/s1. The number of hydrogen-bond donors (Lipinski definition) is 3. The summed E-state index contributed by atoms with van der Waals surface area (Å²) in [5.41, 5.74) is 7.80. The van der Waals surface area contributed by atoms with Crippen molar-refractivity contribution in [1.82, 2.24) is 4.98 Å². The van der Waals surface area contributed by atoms with Gasteiger partial charge in [0.1, 0.15) is 12.2 Å². The van der Waals surface area contributed by atoms with E-state index in [4.69, 9.17) is 9.47 Å². The molecule has 3 saturated carbocycles. The first kappa shape index (κ1) is 26.2. The van der Waals surface area contributed by atoms with Crippen molar-refractivity contribution in [3.05, 3.63) is 70.5 Å². The van der Waals surface area contributed by atoms with Crippen LogP contribution in [0.3, 0.4) is 0 Å². The zero-order valence-corrected chi connectivity index (χ0v) is 25.7. The Hall–Kier alpha value is -2.18. The topological polar surface area (TPSA) is 74.7 Å². The van der Waals surface area contributed by atoms with E-state index in [2.05, 4.69) is 58.0 Å². The van der Waals surface area contributed by atoms with Crippen molar-refractivity contribution >= 4 is 10.9 Å². The lowest BCUT2D eigenvalue weighted by Crippen LogP contribution is -2.68. The number of ether oxygens (including phenoxy) is 2. The maximum absolute atomic E-state index is 13.0. The average Bonchev–Trinajstić information content (AvgIpc) is 3.38. The molecule has 0 saturated heterocycles. The van der Waals surface area contributed by atoms with Crippen LogP contribution in [0.5, 0.6) is 0 Å². The summed E-state index contributed by atoms with van der Waals surface area (Å²) >= 11 is 0. The second-order valence-electron chi connectivity index (χ2n) is 16.0. The maximum atomic E-state index is 13.0. The van der Waals surface area contributed by atoms with Crippen molar-refractivity contribution in [2.24, 2.45) is 23.2 Å². The van der Waals surface area contributed by atoms with E-state index in [1.54, 1.807) is 5.56 Å². The Kier molecular flexibility index (Phi) is 4.82. The van der Waals surface area contributed by atoms with Crippen molar-refractivity contribution < 1.29 is 19.7 Å². The molecule has 5 heteroatoms. The van der Waals surface area contributed by atoms with Gasteiger partial charge in [-0.05, 0) is 111 Å². The van der Waals surface area contributed by atoms with Crippen molar-refractivity contribution in [1.29, 1.82) is 0 Å². The summed E-state index contributed by atoms with van der Waals surface area (Å²) in [6.07, 6.45) is 5.79. The van der Waals surface area contributed by atoms with Crippen LogP contribution in [0, 0.1) is 23.2 Å². The number of nitrogens with one attached hydrogen (secondary N) is 1. The molecule has 0 radical (unpaired) electrons. The molecule has 11 atom stereocenters. The molecule has 222 valence electrons. The lowest BCUT2D eigenvalue weighted by molar-refractivity contribution is -0.215. The fourth-order valence-corrected chi connectivity index (χ4v) is 11.7. The van der Waals surface area contributed by atoms with Crippen molar-refractivity contribution in [3.63, 3.8) is 0 Å². The van der Waals surface area contributed by atoms with Gasteiger partial charge in [0.05, 0.1) is 23.4 Å². The van der Waals surface area contributed by atoms with Crippen LogP contribution in [0.25, 0.3) is 10.9 Å². The van der Waals surface area contributed by atoms with Gasteiger partial charge in [-0.1, -0.05) is 38.6 Å². The van der Waals surface area contributed by atoms with E-state index in [1.807, 2.05) is 13.0 Å². The molecule has 42 heavy (non-hydrogen) atoms. The largest absolute Gasteiger partial charge is 0.386 e. The minimum absolute atomic E-state index is 0.0144. The number of hydrogen-bond acceptors (Lipinski definition) is 4. The normalized spacial score (nSPS) is 47.4. The monoisotopic (exact) mass is 567 g/mol. The van der Waals surface area contributed by atoms with Crippen LogP contribution in [-0.4, -0.2) is 44.7 Å². The van der Waals surface area contributed by atoms with Crippen LogP contribution >= 0.6 is 0 Å². The van der Waals surface area contributed by atoms with Crippen molar-refractivity contribution in [3.8, 4) is 0 Å². The summed E-state index contributed by atoms with van der Waals surface area (Å²) in [6.45, 7) is 19.9. The minimum atomic E-state index is -1.08. The fraction of sp³-hybridized carbons (Fsp3) is 0.622. The van der Waals surface area contributed by atoms with Gasteiger partial charge in [-0.3, -0.25) is 0 Å². The van der Waals surface area contributed by atoms with Gasteiger partial charge in [-0.2, -0.15) is 0 Å². The highest BCUT2D eigenvalue weighted by Crippen LogP contribution is 2.74. The first-order valence-corrected chi connectivity index (χ1v) is 16.3. The number of fused-ring (bicyclic) bond motifs is 7. The summed E-state index contributed by atoms with van der Waals surface area (Å²) in [5, 5.41) is 25.5. The summed E-state index contributed by atoms with van der Waals surface area (Å²) < 4.78 is 13.9. The Morgan fingerprint density at radius 2 is 1.86 bits per heavy atom. The summed E-state index contributed by atoms with van der Waals surface area (Å²) in [5.74, 6) is 1.74. The van der Waals surface area contributed by atoms with Gasteiger partial charge in [-0.15, -0.1) is 0 Å². The van der Waals surface area contributed by atoms with Gasteiger partial charge in [0.25, 0.3) is 0 Å². The maximum Gasteiger partial charge on any atom is 0.108 e. The van der Waals surface area contributed by atoms with Crippen molar-refractivity contribution in [2.75, 3.05) is 0 Å². The predicted molar refractivity (Wildman–Crippen MR) is 163 cm³/mol. The average molecular weight is 568 g/mol. The Labute approximate surface area is 249 Å². The smallest absolute Gasteiger partial charge is 0.108 e. The number of benzene rings is 1. The van der Waals surface area contributed by atoms with Gasteiger partial charge < -0.3 is 24.7 Å². The Morgan fingerprint density at radius 1 is 1.07 bits per heavy atom.